The lowest BCUT2D eigenvalue weighted by Crippen LogP contribution is -2.35. The third kappa shape index (κ3) is 4.21. The van der Waals surface area contributed by atoms with E-state index in [4.69, 9.17) is 11.6 Å². The first-order chi connectivity index (χ1) is 13.3. The number of amides is 1. The van der Waals surface area contributed by atoms with Gasteiger partial charge in [-0.1, -0.05) is 24.4 Å². The molecule has 2 heterocycles. The number of halogens is 1. The van der Waals surface area contributed by atoms with Gasteiger partial charge in [0.25, 0.3) is 5.91 Å². The van der Waals surface area contributed by atoms with Crippen molar-refractivity contribution >= 4 is 27.5 Å². The zero-order valence-corrected chi connectivity index (χ0v) is 17.6. The second kappa shape index (κ2) is 8.59. The smallest absolute Gasteiger partial charge is 0.254 e. The number of carbonyl (C=O) groups is 1. The molecule has 1 atom stereocenters. The van der Waals surface area contributed by atoms with Crippen LogP contribution in [-0.2, 0) is 10.0 Å². The van der Waals surface area contributed by atoms with Crippen molar-refractivity contribution in [2.24, 2.45) is 0 Å². The summed E-state index contributed by atoms with van der Waals surface area (Å²) in [5, 5.41) is 0.104. The lowest BCUT2D eigenvalue weighted by atomic mass is 10.0. The first-order valence-electron chi connectivity index (χ1n) is 9.25. The molecular weight excluding hydrogens is 398 g/mol. The molecule has 150 valence electrons. The van der Waals surface area contributed by atoms with Crippen LogP contribution in [0.25, 0.3) is 0 Å². The average Bonchev–Trinajstić information content (AvgIpc) is 2.94. The van der Waals surface area contributed by atoms with E-state index in [0.29, 0.717) is 12.1 Å². The van der Waals surface area contributed by atoms with Gasteiger partial charge in [-0.15, -0.1) is 0 Å². The third-order valence-electron chi connectivity index (χ3n) is 5.04. The molecule has 1 aromatic heterocycles. The van der Waals surface area contributed by atoms with Crippen LogP contribution in [0.15, 0.2) is 47.6 Å². The van der Waals surface area contributed by atoms with E-state index in [0.717, 1.165) is 35.6 Å². The maximum absolute atomic E-state index is 13.4. The van der Waals surface area contributed by atoms with Crippen molar-refractivity contribution in [3.05, 3.63) is 58.9 Å². The fourth-order valence-electron chi connectivity index (χ4n) is 3.48. The highest BCUT2D eigenvalue weighted by molar-refractivity contribution is 7.89. The maximum Gasteiger partial charge on any atom is 0.254 e. The minimum atomic E-state index is -3.74. The first-order valence-corrected chi connectivity index (χ1v) is 11.1. The number of sulfonamides is 1. The highest BCUT2D eigenvalue weighted by Crippen LogP contribution is 2.32. The van der Waals surface area contributed by atoms with Crippen LogP contribution in [-0.4, -0.2) is 49.2 Å². The molecule has 0 bridgehead atoms. The molecule has 3 rings (SSSR count). The van der Waals surface area contributed by atoms with Crippen LogP contribution in [0, 0.1) is 0 Å². The van der Waals surface area contributed by atoms with Gasteiger partial charge in [0, 0.05) is 38.6 Å². The SMILES string of the molecule is CN(C)S(=O)(=O)c1cc(C(=O)N2CCCCC[C@H]2c2ccncc2)ccc1Cl. The lowest BCUT2D eigenvalue weighted by Gasteiger charge is -2.30. The minimum Gasteiger partial charge on any atom is -0.332 e. The molecule has 1 aliphatic rings. The van der Waals surface area contributed by atoms with Gasteiger partial charge in [0.05, 0.1) is 11.1 Å². The number of hydrogen-bond donors (Lipinski definition) is 0. The van der Waals surface area contributed by atoms with Gasteiger partial charge < -0.3 is 4.90 Å². The normalized spacial score (nSPS) is 18.1. The first kappa shape index (κ1) is 20.8. The van der Waals surface area contributed by atoms with Crippen LogP contribution >= 0.6 is 11.6 Å². The maximum atomic E-state index is 13.4. The van der Waals surface area contributed by atoms with Crippen LogP contribution in [0.1, 0.15) is 47.6 Å². The van der Waals surface area contributed by atoms with Crippen molar-refractivity contribution in [3.63, 3.8) is 0 Å². The molecule has 8 heteroatoms. The quantitative estimate of drug-likeness (QED) is 0.753. The standard InChI is InChI=1S/C20H24ClN3O3S/c1-23(2)28(26,27)19-14-16(7-8-17(19)21)20(25)24-13-5-3-4-6-18(24)15-9-11-22-12-10-15/h7-12,14,18H,3-6,13H2,1-2H3/t18-/m0/s1. The summed E-state index contributed by atoms with van der Waals surface area (Å²) in [7, 11) is -0.867. The molecule has 0 aliphatic carbocycles. The van der Waals surface area contributed by atoms with Gasteiger partial charge in [0.2, 0.25) is 10.0 Å². The molecule has 1 aromatic carbocycles. The molecule has 0 saturated carbocycles. The van der Waals surface area contributed by atoms with Crippen molar-refractivity contribution in [2.75, 3.05) is 20.6 Å². The molecule has 1 amide bonds. The Bertz CT molecular complexity index is 948. The van der Waals surface area contributed by atoms with Gasteiger partial charge in [-0.3, -0.25) is 9.78 Å². The number of carbonyl (C=O) groups excluding carboxylic acids is 1. The molecule has 1 aliphatic heterocycles. The highest BCUT2D eigenvalue weighted by Gasteiger charge is 2.29. The van der Waals surface area contributed by atoms with Crippen molar-refractivity contribution in [2.45, 2.75) is 36.6 Å². The van der Waals surface area contributed by atoms with Crippen LogP contribution in [0.5, 0.6) is 0 Å². The average molecular weight is 422 g/mol. The summed E-state index contributed by atoms with van der Waals surface area (Å²) in [5.41, 5.74) is 1.37. The molecule has 6 nitrogen and oxygen atoms in total. The van der Waals surface area contributed by atoms with Crippen molar-refractivity contribution < 1.29 is 13.2 Å². The summed E-state index contributed by atoms with van der Waals surface area (Å²) in [6, 6.07) is 8.26. The van der Waals surface area contributed by atoms with Crippen LogP contribution < -0.4 is 0 Å². The molecule has 0 unspecified atom stereocenters. The zero-order valence-electron chi connectivity index (χ0n) is 16.0. The second-order valence-corrected chi connectivity index (χ2v) is 9.60. The molecular formula is C20H24ClN3O3S. The van der Waals surface area contributed by atoms with Crippen LogP contribution in [0.2, 0.25) is 5.02 Å². The topological polar surface area (TPSA) is 70.6 Å². The molecule has 1 saturated heterocycles. The Balaban J connectivity index is 2.00. The van der Waals surface area contributed by atoms with E-state index in [1.54, 1.807) is 18.5 Å². The summed E-state index contributed by atoms with van der Waals surface area (Å²) in [5.74, 6) is -0.185. The number of hydrogen-bond acceptors (Lipinski definition) is 4. The van der Waals surface area contributed by atoms with Gasteiger partial charge in [-0.2, -0.15) is 0 Å². The second-order valence-electron chi connectivity index (χ2n) is 7.08. The predicted octanol–water partition coefficient (Wildman–Crippen LogP) is 3.74. The molecule has 1 fully saturated rings. The zero-order chi connectivity index (χ0) is 20.3. The van der Waals surface area contributed by atoms with E-state index in [2.05, 4.69) is 4.98 Å². The third-order valence-corrected chi connectivity index (χ3v) is 7.34. The number of rotatable bonds is 4. The number of benzene rings is 1. The molecule has 28 heavy (non-hydrogen) atoms. The van der Waals surface area contributed by atoms with Gasteiger partial charge >= 0.3 is 0 Å². The van der Waals surface area contributed by atoms with E-state index >= 15 is 0 Å². The Hall–Kier alpha value is -1.96. The molecule has 0 N–H and O–H groups in total. The summed E-state index contributed by atoms with van der Waals surface area (Å²) < 4.78 is 26.2. The van der Waals surface area contributed by atoms with Crippen LogP contribution in [0.4, 0.5) is 0 Å². The molecule has 0 spiro atoms. The van der Waals surface area contributed by atoms with Crippen molar-refractivity contribution in [3.8, 4) is 0 Å². The summed E-state index contributed by atoms with van der Waals surface area (Å²) >= 11 is 6.13. The Morgan fingerprint density at radius 1 is 1.14 bits per heavy atom. The van der Waals surface area contributed by atoms with E-state index in [-0.39, 0.29) is 21.9 Å². The number of aromatic nitrogens is 1. The minimum absolute atomic E-state index is 0.0532. The largest absolute Gasteiger partial charge is 0.332 e. The number of pyridine rings is 1. The van der Waals surface area contributed by atoms with Gasteiger partial charge in [-0.05, 0) is 48.7 Å². The van der Waals surface area contributed by atoms with Gasteiger partial charge in [0.15, 0.2) is 0 Å². The number of likely N-dealkylation sites (tertiary alicyclic amines) is 1. The Morgan fingerprint density at radius 2 is 1.86 bits per heavy atom. The summed E-state index contributed by atoms with van der Waals surface area (Å²) in [6.45, 7) is 0.629. The van der Waals surface area contributed by atoms with Crippen molar-refractivity contribution in [1.82, 2.24) is 14.2 Å². The highest BCUT2D eigenvalue weighted by atomic mass is 35.5. The van der Waals surface area contributed by atoms with E-state index < -0.39 is 10.0 Å². The monoisotopic (exact) mass is 421 g/mol. The van der Waals surface area contributed by atoms with E-state index in [1.807, 2.05) is 17.0 Å². The fraction of sp³-hybridized carbons (Fsp3) is 0.400. The predicted molar refractivity (Wildman–Crippen MR) is 109 cm³/mol. The fourth-order valence-corrected chi connectivity index (χ4v) is 4.87. The van der Waals surface area contributed by atoms with Crippen molar-refractivity contribution in [1.29, 1.82) is 0 Å². The Morgan fingerprint density at radius 3 is 2.54 bits per heavy atom. The molecule has 2 aromatic rings. The number of nitrogens with zero attached hydrogens (tertiary/aromatic N) is 3. The Kier molecular flexibility index (Phi) is 6.37. The van der Waals surface area contributed by atoms with Gasteiger partial charge in [-0.25, -0.2) is 12.7 Å². The van der Waals surface area contributed by atoms with E-state index in [1.165, 1.54) is 26.2 Å². The Labute approximate surface area is 171 Å². The summed E-state index contributed by atoms with van der Waals surface area (Å²) in [4.78, 5) is 19.2. The summed E-state index contributed by atoms with van der Waals surface area (Å²) in [6.07, 6.45) is 7.35. The van der Waals surface area contributed by atoms with Crippen LogP contribution in [0.3, 0.4) is 0 Å². The van der Waals surface area contributed by atoms with Gasteiger partial charge in [0.1, 0.15) is 4.90 Å². The molecule has 0 radical (unpaired) electrons. The van der Waals surface area contributed by atoms with E-state index in [9.17, 15) is 13.2 Å². The lowest BCUT2D eigenvalue weighted by molar-refractivity contribution is 0.0680.